The molecule has 0 amide bonds. The molecule has 1 heterocycles. The summed E-state index contributed by atoms with van der Waals surface area (Å²) in [7, 11) is 1.67. The topological polar surface area (TPSA) is 39.1 Å². The molecular weight excluding hydrogens is 293 g/mol. The van der Waals surface area contributed by atoms with Crippen LogP contribution in [0.25, 0.3) is 0 Å². The van der Waals surface area contributed by atoms with Crippen LogP contribution in [0.2, 0.25) is 5.02 Å². The van der Waals surface area contributed by atoms with E-state index < -0.39 is 0 Å². The molecule has 0 atom stereocenters. The zero-order chi connectivity index (χ0) is 15.2. The normalized spacial score (nSPS) is 11.0. The molecule has 0 fully saturated rings. The van der Waals surface area contributed by atoms with Crippen LogP contribution in [0, 0.1) is 12.7 Å². The van der Waals surface area contributed by atoms with E-state index >= 15 is 0 Å². The van der Waals surface area contributed by atoms with E-state index in [1.165, 1.54) is 6.07 Å². The Bertz CT molecular complexity index is 580. The van der Waals surface area contributed by atoms with Crippen molar-refractivity contribution in [1.82, 2.24) is 15.1 Å². The minimum absolute atomic E-state index is 0.308. The quantitative estimate of drug-likeness (QED) is 0.799. The zero-order valence-electron chi connectivity index (χ0n) is 12.2. The number of benzene rings is 1. The Morgan fingerprint density at radius 3 is 2.95 bits per heavy atom. The first-order valence-electron chi connectivity index (χ1n) is 6.77. The first kappa shape index (κ1) is 15.9. The highest BCUT2D eigenvalue weighted by molar-refractivity contribution is 6.31. The fourth-order valence-corrected chi connectivity index (χ4v) is 2.27. The van der Waals surface area contributed by atoms with Crippen molar-refractivity contribution in [3.05, 3.63) is 52.1 Å². The van der Waals surface area contributed by atoms with Crippen molar-refractivity contribution >= 4 is 11.6 Å². The molecule has 4 nitrogen and oxygen atoms in total. The average Bonchev–Trinajstić information content (AvgIpc) is 2.80. The molecule has 0 aliphatic rings. The Kier molecular flexibility index (Phi) is 5.73. The van der Waals surface area contributed by atoms with E-state index in [1.54, 1.807) is 30.1 Å². The minimum atomic E-state index is -0.308. The first-order chi connectivity index (χ1) is 10.1. The van der Waals surface area contributed by atoms with Gasteiger partial charge in [0, 0.05) is 42.0 Å². The predicted octanol–water partition coefficient (Wildman–Crippen LogP) is 2.77. The van der Waals surface area contributed by atoms with Crippen LogP contribution in [0.15, 0.2) is 24.4 Å². The molecule has 1 aromatic heterocycles. The van der Waals surface area contributed by atoms with Gasteiger partial charge in [-0.25, -0.2) is 4.39 Å². The zero-order valence-corrected chi connectivity index (χ0v) is 13.0. The number of nitrogens with zero attached hydrogens (tertiary/aromatic N) is 2. The molecule has 0 saturated heterocycles. The van der Waals surface area contributed by atoms with Crippen molar-refractivity contribution in [3.63, 3.8) is 0 Å². The summed E-state index contributed by atoms with van der Waals surface area (Å²) < 4.78 is 20.6. The molecule has 114 valence electrons. The summed E-state index contributed by atoms with van der Waals surface area (Å²) >= 11 is 6.05. The summed E-state index contributed by atoms with van der Waals surface area (Å²) in [4.78, 5) is 0. The third kappa shape index (κ3) is 4.03. The molecule has 0 unspecified atom stereocenters. The van der Waals surface area contributed by atoms with Gasteiger partial charge in [0.2, 0.25) is 0 Å². The summed E-state index contributed by atoms with van der Waals surface area (Å²) in [5, 5.41) is 8.00. The second kappa shape index (κ2) is 7.54. The lowest BCUT2D eigenvalue weighted by Crippen LogP contribution is -2.19. The smallest absolute Gasteiger partial charge is 0.129 e. The molecule has 21 heavy (non-hydrogen) atoms. The monoisotopic (exact) mass is 311 g/mol. The fourth-order valence-electron chi connectivity index (χ4n) is 2.05. The van der Waals surface area contributed by atoms with Crippen LogP contribution in [0.4, 0.5) is 4.39 Å². The molecule has 0 spiro atoms. The summed E-state index contributed by atoms with van der Waals surface area (Å²) in [6, 6.07) is 4.70. The third-order valence-electron chi connectivity index (χ3n) is 3.37. The molecule has 0 aliphatic heterocycles. The summed E-state index contributed by atoms with van der Waals surface area (Å²) in [5.74, 6) is -0.308. The number of ether oxygens (including phenoxy) is 1. The highest BCUT2D eigenvalue weighted by Gasteiger charge is 2.11. The lowest BCUT2D eigenvalue weighted by Gasteiger charge is -2.09. The predicted molar refractivity (Wildman–Crippen MR) is 81.1 cm³/mol. The highest BCUT2D eigenvalue weighted by atomic mass is 35.5. The average molecular weight is 312 g/mol. The maximum Gasteiger partial charge on any atom is 0.129 e. The lowest BCUT2D eigenvalue weighted by molar-refractivity contribution is 0.199. The molecule has 2 rings (SSSR count). The van der Waals surface area contributed by atoms with E-state index in [9.17, 15) is 4.39 Å². The van der Waals surface area contributed by atoms with Gasteiger partial charge >= 0.3 is 0 Å². The molecule has 0 bridgehead atoms. The second-order valence-electron chi connectivity index (χ2n) is 4.78. The molecule has 2 aromatic rings. The van der Waals surface area contributed by atoms with Crippen molar-refractivity contribution in [1.29, 1.82) is 0 Å². The van der Waals surface area contributed by atoms with Gasteiger partial charge in [-0.05, 0) is 19.1 Å². The van der Waals surface area contributed by atoms with Gasteiger partial charge in [0.05, 0.1) is 19.3 Å². The number of rotatable bonds is 7. The van der Waals surface area contributed by atoms with E-state index in [0.29, 0.717) is 30.3 Å². The Morgan fingerprint density at radius 2 is 2.24 bits per heavy atom. The largest absolute Gasteiger partial charge is 0.383 e. The van der Waals surface area contributed by atoms with Gasteiger partial charge in [-0.2, -0.15) is 5.10 Å². The molecule has 0 saturated carbocycles. The lowest BCUT2D eigenvalue weighted by atomic mass is 10.2. The van der Waals surface area contributed by atoms with Gasteiger partial charge in [0.1, 0.15) is 5.82 Å². The second-order valence-corrected chi connectivity index (χ2v) is 5.19. The Hall–Kier alpha value is -1.43. The van der Waals surface area contributed by atoms with Crippen molar-refractivity contribution in [2.24, 2.45) is 0 Å². The maximum atomic E-state index is 13.8. The molecule has 1 aromatic carbocycles. The molecule has 0 radical (unpaired) electrons. The van der Waals surface area contributed by atoms with E-state index in [2.05, 4.69) is 10.4 Å². The molecule has 6 heteroatoms. The van der Waals surface area contributed by atoms with Crippen molar-refractivity contribution in [3.8, 4) is 0 Å². The Morgan fingerprint density at radius 1 is 1.43 bits per heavy atom. The van der Waals surface area contributed by atoms with Crippen LogP contribution in [0.5, 0.6) is 0 Å². The number of aromatic nitrogens is 2. The molecule has 0 aliphatic carbocycles. The number of nitrogens with one attached hydrogen (secondary N) is 1. The minimum Gasteiger partial charge on any atom is -0.383 e. The van der Waals surface area contributed by atoms with Gasteiger partial charge in [-0.3, -0.25) is 4.68 Å². The maximum absolute atomic E-state index is 13.8. The Balaban J connectivity index is 2.06. The van der Waals surface area contributed by atoms with Gasteiger partial charge in [-0.1, -0.05) is 17.7 Å². The van der Waals surface area contributed by atoms with E-state index in [1.807, 2.05) is 6.92 Å². The van der Waals surface area contributed by atoms with Crippen LogP contribution >= 0.6 is 11.6 Å². The summed E-state index contributed by atoms with van der Waals surface area (Å²) in [6.07, 6.45) is 1.80. The number of hydrogen-bond acceptors (Lipinski definition) is 3. The standard InChI is InChI=1S/C15H19ClFN3O/c1-11-12(8-18-6-7-21-2)9-19-20(11)10-13-14(16)4-3-5-15(13)17/h3-5,9,18H,6-8,10H2,1-2H3. The fraction of sp³-hybridized carbons (Fsp3) is 0.400. The van der Waals surface area contributed by atoms with E-state index in [0.717, 1.165) is 17.8 Å². The van der Waals surface area contributed by atoms with Gasteiger partial charge < -0.3 is 10.1 Å². The first-order valence-corrected chi connectivity index (χ1v) is 7.15. The van der Waals surface area contributed by atoms with Crippen LogP contribution in [0.3, 0.4) is 0 Å². The summed E-state index contributed by atoms with van der Waals surface area (Å²) in [6.45, 7) is 4.45. The number of halogens is 2. The van der Waals surface area contributed by atoms with Crippen molar-refractivity contribution in [2.75, 3.05) is 20.3 Å². The van der Waals surface area contributed by atoms with Crippen LogP contribution in [-0.2, 0) is 17.8 Å². The molecule has 1 N–H and O–H groups in total. The highest BCUT2D eigenvalue weighted by Crippen LogP contribution is 2.21. The van der Waals surface area contributed by atoms with Gasteiger partial charge in [0.15, 0.2) is 0 Å². The van der Waals surface area contributed by atoms with Crippen LogP contribution in [-0.4, -0.2) is 30.0 Å². The van der Waals surface area contributed by atoms with E-state index in [-0.39, 0.29) is 5.82 Å². The van der Waals surface area contributed by atoms with Crippen molar-refractivity contribution in [2.45, 2.75) is 20.0 Å². The van der Waals surface area contributed by atoms with Gasteiger partial charge in [0.25, 0.3) is 0 Å². The Labute approximate surface area is 128 Å². The number of hydrogen-bond donors (Lipinski definition) is 1. The summed E-state index contributed by atoms with van der Waals surface area (Å²) in [5.41, 5.74) is 2.54. The molecular formula is C15H19ClFN3O. The number of methoxy groups -OCH3 is 1. The van der Waals surface area contributed by atoms with Gasteiger partial charge in [-0.15, -0.1) is 0 Å². The van der Waals surface area contributed by atoms with Crippen molar-refractivity contribution < 1.29 is 9.13 Å². The van der Waals surface area contributed by atoms with Crippen LogP contribution < -0.4 is 5.32 Å². The van der Waals surface area contributed by atoms with E-state index in [4.69, 9.17) is 16.3 Å². The van der Waals surface area contributed by atoms with Crippen LogP contribution in [0.1, 0.15) is 16.8 Å². The SMILES string of the molecule is COCCNCc1cnn(Cc2c(F)cccc2Cl)c1C. The third-order valence-corrected chi connectivity index (χ3v) is 3.73.